The first-order chi connectivity index (χ1) is 28.2. The lowest BCUT2D eigenvalue weighted by Crippen LogP contribution is -2.10. The molecular weight excluding hydrogens is 705 g/mol. The van der Waals surface area contributed by atoms with E-state index in [-0.39, 0.29) is 0 Å². The molecule has 10 rings (SSSR count). The molecular formula is C54H46N4. The Hall–Kier alpha value is -7.04. The van der Waals surface area contributed by atoms with Gasteiger partial charge in [0.1, 0.15) is 0 Å². The number of nitrogens with zero attached hydrogens (tertiary/aromatic N) is 4. The van der Waals surface area contributed by atoms with Crippen molar-refractivity contribution >= 4 is 77.7 Å². The van der Waals surface area contributed by atoms with E-state index >= 15 is 0 Å². The van der Waals surface area contributed by atoms with E-state index < -0.39 is 0 Å². The first-order valence-corrected chi connectivity index (χ1v) is 20.1. The number of benzene rings is 8. The summed E-state index contributed by atoms with van der Waals surface area (Å²) in [6, 6.07) is 62.9. The molecule has 0 amide bonds. The molecule has 4 heteroatoms. The highest BCUT2D eigenvalue weighted by molar-refractivity contribution is 6.12. The number of rotatable bonds is 7. The summed E-state index contributed by atoms with van der Waals surface area (Å²) < 4.78 is 4.67. The second-order valence-corrected chi connectivity index (χ2v) is 16.0. The second kappa shape index (κ2) is 13.9. The van der Waals surface area contributed by atoms with Gasteiger partial charge in [-0.15, -0.1) is 0 Å². The number of fused-ring (bicyclic) bond motifs is 6. The lowest BCUT2D eigenvalue weighted by atomic mass is 10.0. The summed E-state index contributed by atoms with van der Waals surface area (Å²) in [6.07, 6.45) is 0. The minimum absolute atomic E-state index is 1.14. The minimum Gasteiger partial charge on any atom is -0.344 e. The lowest BCUT2D eigenvalue weighted by Gasteiger charge is -2.26. The van der Waals surface area contributed by atoms with Crippen molar-refractivity contribution in [3.05, 3.63) is 192 Å². The average molecular weight is 751 g/mol. The number of aromatic nitrogens is 2. The van der Waals surface area contributed by atoms with Crippen LogP contribution in [-0.2, 0) is 14.1 Å². The summed E-state index contributed by atoms with van der Waals surface area (Å²) in [7, 11) is 4.37. The van der Waals surface area contributed by atoms with E-state index in [4.69, 9.17) is 0 Å². The highest BCUT2D eigenvalue weighted by Gasteiger charge is 2.19. The Morgan fingerprint density at radius 1 is 0.276 bits per heavy atom. The Morgan fingerprint density at radius 2 is 0.569 bits per heavy atom. The summed E-state index contributed by atoms with van der Waals surface area (Å²) in [5, 5.41) is 5.02. The summed E-state index contributed by atoms with van der Waals surface area (Å²) in [5.41, 5.74) is 19.1. The van der Waals surface area contributed by atoms with Crippen molar-refractivity contribution in [1.82, 2.24) is 9.13 Å². The monoisotopic (exact) mass is 750 g/mol. The van der Waals surface area contributed by atoms with Gasteiger partial charge in [-0.2, -0.15) is 0 Å². The van der Waals surface area contributed by atoms with Gasteiger partial charge in [-0.1, -0.05) is 95.1 Å². The van der Waals surface area contributed by atoms with Gasteiger partial charge in [-0.3, -0.25) is 0 Å². The predicted molar refractivity (Wildman–Crippen MR) is 248 cm³/mol. The van der Waals surface area contributed by atoms with Crippen LogP contribution in [0.2, 0.25) is 0 Å². The van der Waals surface area contributed by atoms with Crippen LogP contribution in [0.25, 0.3) is 54.7 Å². The molecule has 0 saturated heterocycles. The zero-order valence-corrected chi connectivity index (χ0v) is 34.0. The maximum Gasteiger partial charge on any atom is 0.0509 e. The van der Waals surface area contributed by atoms with Gasteiger partial charge in [0.05, 0.1) is 11.0 Å². The standard InChI is InChI=1S/C54H46N4/c1-35-7-17-41(18-8-35)57(42-19-9-36(2)10-20-42)45-25-27-47-49-31-39(15-29-51(49)55(5)53(47)33-45)40-16-30-52-50(32-40)48-28-26-46(34-54(48)56(52)6)58(43-21-11-37(3)12-22-43)44-23-13-38(4)14-24-44/h7-34H,1-6H3. The van der Waals surface area contributed by atoms with E-state index in [1.165, 1.54) is 77.0 Å². The van der Waals surface area contributed by atoms with Crippen LogP contribution < -0.4 is 9.80 Å². The summed E-state index contributed by atoms with van der Waals surface area (Å²) in [4.78, 5) is 4.71. The summed E-state index contributed by atoms with van der Waals surface area (Å²) in [5.74, 6) is 0. The number of hydrogen-bond acceptors (Lipinski definition) is 2. The molecule has 0 aliphatic rings. The maximum absolute atomic E-state index is 2.38. The van der Waals surface area contributed by atoms with Gasteiger partial charge in [0, 0.05) is 80.8 Å². The normalized spacial score (nSPS) is 11.6. The van der Waals surface area contributed by atoms with Gasteiger partial charge in [-0.25, -0.2) is 0 Å². The van der Waals surface area contributed by atoms with Crippen molar-refractivity contribution in [3.63, 3.8) is 0 Å². The molecule has 0 unspecified atom stereocenters. The van der Waals surface area contributed by atoms with Crippen molar-refractivity contribution in [2.24, 2.45) is 14.1 Å². The number of hydrogen-bond donors (Lipinski definition) is 0. The third kappa shape index (κ3) is 6.00. The maximum atomic E-state index is 2.38. The Labute approximate surface area is 340 Å². The molecule has 0 aliphatic heterocycles. The molecule has 0 saturated carbocycles. The Bertz CT molecular complexity index is 2840. The van der Waals surface area contributed by atoms with Crippen molar-refractivity contribution in [1.29, 1.82) is 0 Å². The summed E-state index contributed by atoms with van der Waals surface area (Å²) >= 11 is 0. The molecule has 2 heterocycles. The smallest absolute Gasteiger partial charge is 0.0509 e. The predicted octanol–water partition coefficient (Wildman–Crippen LogP) is 14.8. The van der Waals surface area contributed by atoms with Crippen LogP contribution in [0.5, 0.6) is 0 Å². The van der Waals surface area contributed by atoms with E-state index in [1.807, 2.05) is 0 Å². The Balaban J connectivity index is 1.05. The van der Waals surface area contributed by atoms with Gasteiger partial charge >= 0.3 is 0 Å². The first-order valence-electron chi connectivity index (χ1n) is 20.1. The zero-order valence-electron chi connectivity index (χ0n) is 34.0. The van der Waals surface area contributed by atoms with Crippen molar-refractivity contribution in [2.45, 2.75) is 27.7 Å². The van der Waals surface area contributed by atoms with Gasteiger partial charge in [0.2, 0.25) is 0 Å². The van der Waals surface area contributed by atoms with Gasteiger partial charge in [0.25, 0.3) is 0 Å². The third-order valence-electron chi connectivity index (χ3n) is 12.0. The van der Waals surface area contributed by atoms with Crippen LogP contribution in [0, 0.1) is 27.7 Å². The lowest BCUT2D eigenvalue weighted by molar-refractivity contribution is 1.01. The van der Waals surface area contributed by atoms with Crippen molar-refractivity contribution in [3.8, 4) is 11.1 Å². The van der Waals surface area contributed by atoms with Crippen LogP contribution in [0.3, 0.4) is 0 Å². The first kappa shape index (κ1) is 35.4. The van der Waals surface area contributed by atoms with Crippen molar-refractivity contribution < 1.29 is 0 Å². The topological polar surface area (TPSA) is 16.3 Å². The Kier molecular flexibility index (Phi) is 8.45. The fraction of sp³-hybridized carbons (Fsp3) is 0.111. The van der Waals surface area contributed by atoms with Crippen LogP contribution in [0.1, 0.15) is 22.3 Å². The van der Waals surface area contributed by atoms with Crippen LogP contribution in [0.15, 0.2) is 170 Å². The minimum atomic E-state index is 1.14. The molecule has 58 heavy (non-hydrogen) atoms. The van der Waals surface area contributed by atoms with E-state index in [1.54, 1.807) is 0 Å². The van der Waals surface area contributed by atoms with E-state index in [2.05, 4.69) is 231 Å². The van der Waals surface area contributed by atoms with Crippen LogP contribution in [-0.4, -0.2) is 9.13 Å². The molecule has 0 spiro atoms. The van der Waals surface area contributed by atoms with Crippen LogP contribution >= 0.6 is 0 Å². The molecule has 0 fully saturated rings. The molecule has 8 aromatic carbocycles. The third-order valence-corrected chi connectivity index (χ3v) is 12.0. The van der Waals surface area contributed by atoms with Crippen LogP contribution in [0.4, 0.5) is 34.1 Å². The SMILES string of the molecule is Cc1ccc(N(c2ccc(C)cc2)c2ccc3c4cc(-c5ccc6c(c5)c5ccc(N(c7ccc(C)cc7)c7ccc(C)cc7)cc5n6C)ccc4n(C)c3c2)cc1. The number of aryl methyl sites for hydroxylation is 6. The molecule has 0 radical (unpaired) electrons. The van der Waals surface area contributed by atoms with Gasteiger partial charge < -0.3 is 18.9 Å². The molecule has 10 aromatic rings. The Morgan fingerprint density at radius 3 is 0.879 bits per heavy atom. The van der Waals surface area contributed by atoms with Gasteiger partial charge in [-0.05, 0) is 136 Å². The molecule has 0 aliphatic carbocycles. The molecule has 4 nitrogen and oxygen atoms in total. The summed E-state index contributed by atoms with van der Waals surface area (Å²) in [6.45, 7) is 8.55. The fourth-order valence-electron chi connectivity index (χ4n) is 8.71. The highest BCUT2D eigenvalue weighted by atomic mass is 15.1. The quantitative estimate of drug-likeness (QED) is 0.161. The highest BCUT2D eigenvalue weighted by Crippen LogP contribution is 2.42. The van der Waals surface area contributed by atoms with E-state index in [0.29, 0.717) is 0 Å². The van der Waals surface area contributed by atoms with E-state index in [0.717, 1.165) is 34.1 Å². The number of anilines is 6. The molecule has 0 N–H and O–H groups in total. The fourth-order valence-corrected chi connectivity index (χ4v) is 8.71. The molecule has 0 bridgehead atoms. The van der Waals surface area contributed by atoms with Crippen molar-refractivity contribution in [2.75, 3.05) is 9.80 Å². The van der Waals surface area contributed by atoms with Gasteiger partial charge in [0.15, 0.2) is 0 Å². The average Bonchev–Trinajstić information content (AvgIpc) is 3.69. The largest absolute Gasteiger partial charge is 0.344 e. The zero-order chi connectivity index (χ0) is 39.7. The molecule has 2 aromatic heterocycles. The van der Waals surface area contributed by atoms with E-state index in [9.17, 15) is 0 Å². The molecule has 282 valence electrons. The second-order valence-electron chi connectivity index (χ2n) is 16.0. The molecule has 0 atom stereocenters.